The summed E-state index contributed by atoms with van der Waals surface area (Å²) < 4.78 is 1.96. The van der Waals surface area contributed by atoms with Crippen LogP contribution in [0.4, 0.5) is 0 Å². The Kier molecular flexibility index (Phi) is 6.05. The third kappa shape index (κ3) is 4.20. The van der Waals surface area contributed by atoms with Gasteiger partial charge in [-0.1, -0.05) is 31.5 Å². The van der Waals surface area contributed by atoms with Crippen LogP contribution in [-0.2, 0) is 17.9 Å². The summed E-state index contributed by atoms with van der Waals surface area (Å²) in [6.45, 7) is 5.38. The molecule has 0 saturated heterocycles. The van der Waals surface area contributed by atoms with Gasteiger partial charge in [-0.25, -0.2) is 0 Å². The molecule has 0 aliphatic heterocycles. The molecule has 2 rings (SSSR count). The van der Waals surface area contributed by atoms with Crippen molar-refractivity contribution >= 4 is 17.7 Å². The lowest BCUT2D eigenvalue weighted by atomic mass is 9.86. The molecule has 21 heavy (non-hydrogen) atoms. The molecular weight excluding hydrogens is 286 g/mol. The minimum atomic E-state index is 0.0821. The van der Waals surface area contributed by atoms with Crippen LogP contribution in [0.5, 0.6) is 0 Å². The summed E-state index contributed by atoms with van der Waals surface area (Å²) in [6, 6.07) is 0.329. The summed E-state index contributed by atoms with van der Waals surface area (Å²) in [7, 11) is 0. The van der Waals surface area contributed by atoms with Crippen molar-refractivity contribution in [3.63, 3.8) is 0 Å². The molecule has 1 amide bonds. The van der Waals surface area contributed by atoms with Gasteiger partial charge in [-0.05, 0) is 25.7 Å². The first kappa shape index (κ1) is 16.3. The molecule has 2 atom stereocenters. The molecule has 0 aromatic carbocycles. The van der Waals surface area contributed by atoms with Gasteiger partial charge < -0.3 is 15.6 Å². The average Bonchev–Trinajstić information content (AvgIpc) is 2.89. The quantitative estimate of drug-likeness (QED) is 0.778. The lowest BCUT2D eigenvalue weighted by molar-refractivity contribution is -0.119. The molecule has 1 fully saturated rings. The summed E-state index contributed by atoms with van der Waals surface area (Å²) in [5.41, 5.74) is 5.62. The van der Waals surface area contributed by atoms with Gasteiger partial charge in [0.25, 0.3) is 0 Å². The Balaban J connectivity index is 1.85. The standard InChI is InChI=1S/C14H25N5OS/c1-3-19-12(8-15)17-18-14(19)21-9-13(20)16-11-7-5-4-6-10(11)2/h10-11H,3-9,15H2,1-2H3,(H,16,20). The molecule has 1 heterocycles. The largest absolute Gasteiger partial charge is 0.352 e. The molecule has 0 bridgehead atoms. The number of carbonyl (C=O) groups excluding carboxylic acids is 1. The summed E-state index contributed by atoms with van der Waals surface area (Å²) in [6.07, 6.45) is 4.80. The summed E-state index contributed by atoms with van der Waals surface area (Å²) >= 11 is 1.43. The van der Waals surface area contributed by atoms with Crippen molar-refractivity contribution in [2.24, 2.45) is 11.7 Å². The molecule has 3 N–H and O–H groups in total. The molecular formula is C14H25N5OS. The summed E-state index contributed by atoms with van der Waals surface area (Å²) in [4.78, 5) is 12.1. The van der Waals surface area contributed by atoms with E-state index >= 15 is 0 Å². The maximum atomic E-state index is 12.1. The van der Waals surface area contributed by atoms with Crippen molar-refractivity contribution in [3.05, 3.63) is 5.82 Å². The Morgan fingerprint density at radius 2 is 2.19 bits per heavy atom. The Morgan fingerprint density at radius 1 is 1.43 bits per heavy atom. The van der Waals surface area contributed by atoms with Gasteiger partial charge in [0, 0.05) is 12.6 Å². The normalized spacial score (nSPS) is 22.2. The summed E-state index contributed by atoms with van der Waals surface area (Å²) in [5, 5.41) is 12.1. The van der Waals surface area contributed by atoms with Gasteiger partial charge >= 0.3 is 0 Å². The molecule has 7 heteroatoms. The van der Waals surface area contributed by atoms with Gasteiger partial charge in [-0.2, -0.15) is 0 Å². The van der Waals surface area contributed by atoms with Crippen molar-refractivity contribution < 1.29 is 4.79 Å². The first-order chi connectivity index (χ1) is 10.2. The zero-order valence-corrected chi connectivity index (χ0v) is 13.7. The lowest BCUT2D eigenvalue weighted by Gasteiger charge is -2.29. The zero-order chi connectivity index (χ0) is 15.2. The number of nitrogens with two attached hydrogens (primary N) is 1. The van der Waals surface area contributed by atoms with Gasteiger partial charge in [0.1, 0.15) is 5.82 Å². The number of rotatable bonds is 6. The van der Waals surface area contributed by atoms with Gasteiger partial charge in [0.05, 0.1) is 12.3 Å². The number of amides is 1. The number of nitrogens with zero attached hydrogens (tertiary/aromatic N) is 3. The first-order valence-corrected chi connectivity index (χ1v) is 8.68. The second-order valence-electron chi connectivity index (χ2n) is 5.57. The molecule has 6 nitrogen and oxygen atoms in total. The van der Waals surface area contributed by atoms with E-state index in [4.69, 9.17) is 5.73 Å². The smallest absolute Gasteiger partial charge is 0.230 e. The lowest BCUT2D eigenvalue weighted by Crippen LogP contribution is -2.41. The van der Waals surface area contributed by atoms with Gasteiger partial charge in [-0.15, -0.1) is 10.2 Å². The van der Waals surface area contributed by atoms with E-state index in [0.29, 0.717) is 24.3 Å². The van der Waals surface area contributed by atoms with Crippen LogP contribution in [0.25, 0.3) is 0 Å². The Hall–Kier alpha value is -1.08. The number of hydrogen-bond donors (Lipinski definition) is 2. The maximum Gasteiger partial charge on any atom is 0.230 e. The minimum Gasteiger partial charge on any atom is -0.352 e. The predicted molar refractivity (Wildman–Crippen MR) is 83.9 cm³/mol. The fraction of sp³-hybridized carbons (Fsp3) is 0.786. The number of thioether (sulfide) groups is 1. The van der Waals surface area contributed by atoms with Crippen LogP contribution < -0.4 is 11.1 Å². The second kappa shape index (κ2) is 7.79. The predicted octanol–water partition coefficient (Wildman–Crippen LogP) is 1.54. The monoisotopic (exact) mass is 311 g/mol. The molecule has 0 radical (unpaired) electrons. The molecule has 1 aromatic rings. The van der Waals surface area contributed by atoms with E-state index in [1.165, 1.54) is 31.0 Å². The van der Waals surface area contributed by atoms with E-state index < -0.39 is 0 Å². The molecule has 2 unspecified atom stereocenters. The Labute approximate surface area is 130 Å². The molecule has 118 valence electrons. The van der Waals surface area contributed by atoms with Gasteiger partial charge in [0.2, 0.25) is 5.91 Å². The van der Waals surface area contributed by atoms with Gasteiger partial charge in [-0.3, -0.25) is 4.79 Å². The van der Waals surface area contributed by atoms with Crippen molar-refractivity contribution in [2.45, 2.75) is 63.8 Å². The van der Waals surface area contributed by atoms with Crippen LogP contribution in [0.2, 0.25) is 0 Å². The van der Waals surface area contributed by atoms with E-state index in [0.717, 1.165) is 23.9 Å². The molecule has 0 spiro atoms. The van der Waals surface area contributed by atoms with Crippen LogP contribution in [0, 0.1) is 5.92 Å². The van der Waals surface area contributed by atoms with Crippen molar-refractivity contribution in [1.82, 2.24) is 20.1 Å². The van der Waals surface area contributed by atoms with Crippen LogP contribution in [0.1, 0.15) is 45.4 Å². The van der Waals surface area contributed by atoms with E-state index in [-0.39, 0.29) is 5.91 Å². The molecule has 1 aromatic heterocycles. The molecule has 1 saturated carbocycles. The van der Waals surface area contributed by atoms with E-state index in [1.54, 1.807) is 0 Å². The number of hydrogen-bond acceptors (Lipinski definition) is 5. The number of aromatic nitrogens is 3. The van der Waals surface area contributed by atoms with Crippen LogP contribution in [-0.4, -0.2) is 32.5 Å². The van der Waals surface area contributed by atoms with Crippen molar-refractivity contribution in [1.29, 1.82) is 0 Å². The van der Waals surface area contributed by atoms with Crippen molar-refractivity contribution in [3.8, 4) is 0 Å². The highest BCUT2D eigenvalue weighted by atomic mass is 32.2. The first-order valence-electron chi connectivity index (χ1n) is 7.70. The maximum absolute atomic E-state index is 12.1. The Bertz CT molecular complexity index is 476. The van der Waals surface area contributed by atoms with E-state index in [2.05, 4.69) is 22.4 Å². The highest BCUT2D eigenvalue weighted by Gasteiger charge is 2.23. The minimum absolute atomic E-state index is 0.0821. The summed E-state index contributed by atoms with van der Waals surface area (Å²) in [5.74, 6) is 1.81. The fourth-order valence-electron chi connectivity index (χ4n) is 2.80. The zero-order valence-electron chi connectivity index (χ0n) is 12.8. The third-order valence-corrected chi connectivity index (χ3v) is 5.05. The SMILES string of the molecule is CCn1c(CN)nnc1SCC(=O)NC1CCCCC1C. The molecule has 1 aliphatic carbocycles. The average molecular weight is 311 g/mol. The topological polar surface area (TPSA) is 85.8 Å². The Morgan fingerprint density at radius 3 is 2.86 bits per heavy atom. The van der Waals surface area contributed by atoms with E-state index in [1.807, 2.05) is 11.5 Å². The highest BCUT2D eigenvalue weighted by Crippen LogP contribution is 2.24. The second-order valence-corrected chi connectivity index (χ2v) is 6.51. The van der Waals surface area contributed by atoms with Crippen LogP contribution in [0.15, 0.2) is 5.16 Å². The van der Waals surface area contributed by atoms with E-state index in [9.17, 15) is 4.79 Å². The van der Waals surface area contributed by atoms with Gasteiger partial charge in [0.15, 0.2) is 5.16 Å². The molecule has 1 aliphatic rings. The van der Waals surface area contributed by atoms with Crippen molar-refractivity contribution in [2.75, 3.05) is 5.75 Å². The third-order valence-electron chi connectivity index (χ3n) is 4.08. The highest BCUT2D eigenvalue weighted by molar-refractivity contribution is 7.99. The number of carbonyl (C=O) groups is 1. The fourth-order valence-corrected chi connectivity index (χ4v) is 3.64. The van der Waals surface area contributed by atoms with Crippen LogP contribution in [0.3, 0.4) is 0 Å². The number of nitrogens with one attached hydrogen (secondary N) is 1. The van der Waals surface area contributed by atoms with Crippen LogP contribution >= 0.6 is 11.8 Å².